The van der Waals surface area contributed by atoms with Crippen LogP contribution in [0, 0.1) is 12.8 Å². The van der Waals surface area contributed by atoms with Crippen molar-refractivity contribution in [2.75, 3.05) is 0 Å². The third-order valence-electron chi connectivity index (χ3n) is 5.12. The molecule has 0 bridgehead atoms. The first kappa shape index (κ1) is 18.8. The van der Waals surface area contributed by atoms with Crippen LogP contribution in [0.15, 0.2) is 29.2 Å². The summed E-state index contributed by atoms with van der Waals surface area (Å²) >= 11 is 1.61. The molecule has 1 atom stereocenters. The van der Waals surface area contributed by atoms with E-state index in [-0.39, 0.29) is 5.56 Å². The quantitative estimate of drug-likeness (QED) is 0.501. The first-order valence-electron chi connectivity index (χ1n) is 9.57. The number of hydrogen-bond acceptors (Lipinski definition) is 6. The minimum Gasteiger partial charge on any atom is -0.309 e. The molecule has 0 aliphatic carbocycles. The normalized spacial score (nSPS) is 12.8. The van der Waals surface area contributed by atoms with E-state index in [1.165, 1.54) is 4.88 Å². The average molecular weight is 397 g/mol. The lowest BCUT2D eigenvalue weighted by Gasteiger charge is -2.08. The Hall–Kier alpha value is -2.58. The van der Waals surface area contributed by atoms with Crippen molar-refractivity contribution in [2.24, 2.45) is 5.92 Å². The third kappa shape index (κ3) is 3.57. The van der Waals surface area contributed by atoms with Gasteiger partial charge >= 0.3 is 0 Å². The Bertz CT molecular complexity index is 1170. The van der Waals surface area contributed by atoms with E-state index in [1.807, 2.05) is 28.8 Å². The van der Waals surface area contributed by atoms with Crippen LogP contribution in [0.3, 0.4) is 0 Å². The average Bonchev–Trinajstić information content (AvgIpc) is 3.23. The van der Waals surface area contributed by atoms with Gasteiger partial charge < -0.3 is 10.3 Å². The molecular formula is C20H24N6OS. The highest BCUT2D eigenvalue weighted by atomic mass is 32.1. The van der Waals surface area contributed by atoms with Gasteiger partial charge in [-0.25, -0.2) is 4.98 Å². The molecule has 7 nitrogen and oxygen atoms in total. The molecule has 0 aliphatic rings. The summed E-state index contributed by atoms with van der Waals surface area (Å²) in [6, 6.07) is 5.80. The van der Waals surface area contributed by atoms with Gasteiger partial charge in [0.2, 0.25) is 0 Å². The van der Waals surface area contributed by atoms with Gasteiger partial charge in [-0.2, -0.15) is 0 Å². The van der Waals surface area contributed by atoms with Crippen molar-refractivity contribution >= 4 is 27.2 Å². The fraction of sp³-hybridized carbons (Fsp3) is 0.400. The first-order valence-corrected chi connectivity index (χ1v) is 10.4. The molecule has 0 saturated heterocycles. The molecule has 0 radical (unpaired) electrons. The Labute approximate surface area is 166 Å². The SMILES string of the molecule is CC[C@@H](C)Cc1c(C)sc2nc(CNCc3nnc4ccccn34)[nH]c(=O)c12. The predicted octanol–water partition coefficient (Wildman–Crippen LogP) is 3.21. The molecule has 28 heavy (non-hydrogen) atoms. The summed E-state index contributed by atoms with van der Waals surface area (Å²) in [7, 11) is 0. The van der Waals surface area contributed by atoms with Crippen molar-refractivity contribution in [3.8, 4) is 0 Å². The van der Waals surface area contributed by atoms with E-state index in [0.717, 1.165) is 40.1 Å². The van der Waals surface area contributed by atoms with Crippen LogP contribution >= 0.6 is 11.3 Å². The number of fused-ring (bicyclic) bond motifs is 2. The summed E-state index contributed by atoms with van der Waals surface area (Å²) < 4.78 is 1.94. The van der Waals surface area contributed by atoms with E-state index in [9.17, 15) is 4.79 Å². The zero-order valence-electron chi connectivity index (χ0n) is 16.3. The van der Waals surface area contributed by atoms with E-state index in [4.69, 9.17) is 0 Å². The van der Waals surface area contributed by atoms with Gasteiger partial charge in [-0.1, -0.05) is 26.3 Å². The van der Waals surface area contributed by atoms with E-state index < -0.39 is 0 Å². The van der Waals surface area contributed by atoms with Crippen molar-refractivity contribution in [2.45, 2.75) is 46.7 Å². The van der Waals surface area contributed by atoms with Crippen LogP contribution in [0.25, 0.3) is 15.9 Å². The Morgan fingerprint density at radius 1 is 1.29 bits per heavy atom. The second-order valence-electron chi connectivity index (χ2n) is 7.20. The Morgan fingerprint density at radius 2 is 2.14 bits per heavy atom. The maximum absolute atomic E-state index is 12.7. The smallest absolute Gasteiger partial charge is 0.259 e. The number of pyridine rings is 1. The summed E-state index contributed by atoms with van der Waals surface area (Å²) in [5, 5.41) is 12.4. The fourth-order valence-electron chi connectivity index (χ4n) is 3.35. The minimum absolute atomic E-state index is 0.0441. The van der Waals surface area contributed by atoms with Crippen LogP contribution in [-0.4, -0.2) is 24.6 Å². The fourth-order valence-corrected chi connectivity index (χ4v) is 4.42. The monoisotopic (exact) mass is 396 g/mol. The van der Waals surface area contributed by atoms with Gasteiger partial charge in [0.05, 0.1) is 18.5 Å². The number of aryl methyl sites for hydroxylation is 1. The van der Waals surface area contributed by atoms with Gasteiger partial charge in [0, 0.05) is 11.1 Å². The number of hydrogen-bond donors (Lipinski definition) is 2. The molecule has 4 aromatic heterocycles. The van der Waals surface area contributed by atoms with Gasteiger partial charge in [-0.3, -0.25) is 9.20 Å². The van der Waals surface area contributed by atoms with Gasteiger partial charge in [0.25, 0.3) is 5.56 Å². The third-order valence-corrected chi connectivity index (χ3v) is 6.16. The Morgan fingerprint density at radius 3 is 2.96 bits per heavy atom. The molecule has 0 amide bonds. The zero-order chi connectivity index (χ0) is 19.7. The van der Waals surface area contributed by atoms with Crippen molar-refractivity contribution in [3.05, 3.63) is 56.8 Å². The zero-order valence-corrected chi connectivity index (χ0v) is 17.1. The van der Waals surface area contributed by atoms with Gasteiger partial charge in [0.15, 0.2) is 11.5 Å². The largest absolute Gasteiger partial charge is 0.309 e. The summed E-state index contributed by atoms with van der Waals surface area (Å²) in [6.45, 7) is 7.48. The van der Waals surface area contributed by atoms with Crippen LogP contribution in [0.1, 0.15) is 42.4 Å². The molecule has 146 valence electrons. The molecule has 0 spiro atoms. The number of nitrogens with one attached hydrogen (secondary N) is 2. The Kier molecular flexibility index (Phi) is 5.23. The van der Waals surface area contributed by atoms with Crippen LogP contribution in [-0.2, 0) is 19.5 Å². The van der Waals surface area contributed by atoms with E-state index >= 15 is 0 Å². The number of nitrogens with zero attached hydrogens (tertiary/aromatic N) is 4. The summed E-state index contributed by atoms with van der Waals surface area (Å²) in [5.74, 6) is 2.01. The highest BCUT2D eigenvalue weighted by Crippen LogP contribution is 2.29. The molecule has 4 heterocycles. The van der Waals surface area contributed by atoms with Crippen LogP contribution < -0.4 is 10.9 Å². The number of H-pyrrole nitrogens is 1. The molecule has 0 unspecified atom stereocenters. The number of thiophene rings is 1. The van der Waals surface area contributed by atoms with Crippen LogP contribution in [0.2, 0.25) is 0 Å². The van der Waals surface area contributed by atoms with E-state index in [0.29, 0.717) is 24.8 Å². The highest BCUT2D eigenvalue weighted by Gasteiger charge is 2.16. The van der Waals surface area contributed by atoms with E-state index in [1.54, 1.807) is 11.3 Å². The second kappa shape index (κ2) is 7.81. The molecule has 0 aliphatic heterocycles. The van der Waals surface area contributed by atoms with Crippen molar-refractivity contribution in [1.29, 1.82) is 0 Å². The maximum atomic E-state index is 12.7. The lowest BCUT2D eigenvalue weighted by atomic mass is 9.98. The van der Waals surface area contributed by atoms with Crippen molar-refractivity contribution < 1.29 is 0 Å². The molecule has 8 heteroatoms. The maximum Gasteiger partial charge on any atom is 0.259 e. The second-order valence-corrected chi connectivity index (χ2v) is 8.40. The standard InChI is InChI=1S/C20H24N6OS/c1-4-12(2)9-14-13(3)28-20-18(14)19(27)22-15(23-20)10-21-11-17-25-24-16-7-5-6-8-26(16)17/h5-8,12,21H,4,9-11H2,1-3H3,(H,22,23,27)/t12-/m1/s1. The van der Waals surface area contributed by atoms with Crippen LogP contribution in [0.5, 0.6) is 0 Å². The molecule has 2 N–H and O–H groups in total. The summed E-state index contributed by atoms with van der Waals surface area (Å²) in [4.78, 5) is 22.4. The number of aromatic amines is 1. The van der Waals surface area contributed by atoms with Crippen LogP contribution in [0.4, 0.5) is 0 Å². The molecule has 4 rings (SSSR count). The lowest BCUT2D eigenvalue weighted by Crippen LogP contribution is -2.20. The predicted molar refractivity (Wildman–Crippen MR) is 112 cm³/mol. The molecule has 0 saturated carbocycles. The molecule has 4 aromatic rings. The number of rotatable bonds is 7. The molecule has 0 aromatic carbocycles. The van der Waals surface area contributed by atoms with Gasteiger partial charge in [-0.15, -0.1) is 21.5 Å². The summed E-state index contributed by atoms with van der Waals surface area (Å²) in [6.07, 6.45) is 3.96. The first-order chi connectivity index (χ1) is 13.6. The highest BCUT2D eigenvalue weighted by molar-refractivity contribution is 7.18. The summed E-state index contributed by atoms with van der Waals surface area (Å²) in [5.41, 5.74) is 1.92. The van der Waals surface area contributed by atoms with Gasteiger partial charge in [0.1, 0.15) is 10.7 Å². The molecule has 0 fully saturated rings. The van der Waals surface area contributed by atoms with Crippen molar-refractivity contribution in [1.82, 2.24) is 29.9 Å². The number of aromatic nitrogens is 5. The topological polar surface area (TPSA) is 88.0 Å². The van der Waals surface area contributed by atoms with E-state index in [2.05, 4.69) is 46.3 Å². The van der Waals surface area contributed by atoms with Crippen molar-refractivity contribution in [3.63, 3.8) is 0 Å². The molecular weight excluding hydrogens is 372 g/mol. The van der Waals surface area contributed by atoms with Gasteiger partial charge in [-0.05, 0) is 37.0 Å². The minimum atomic E-state index is -0.0441. The lowest BCUT2D eigenvalue weighted by molar-refractivity contribution is 0.561. The Balaban J connectivity index is 1.52.